The largest absolute Gasteiger partial charge is 0.480 e. The summed E-state index contributed by atoms with van der Waals surface area (Å²) < 4.78 is 4.43. The monoisotopic (exact) mass is 294 g/mol. The Hall–Kier alpha value is -2.41. The van der Waals surface area contributed by atoms with Crippen molar-refractivity contribution in [1.82, 2.24) is 5.32 Å². The molecule has 0 bridgehead atoms. The number of carbonyl (C=O) groups is 3. The molecule has 0 fully saturated rings. The average molecular weight is 294 g/mol. The zero-order valence-corrected chi connectivity index (χ0v) is 11.6. The van der Waals surface area contributed by atoms with E-state index in [0.717, 1.165) is 0 Å². The Kier molecular flexibility index (Phi) is 6.35. The predicted molar refractivity (Wildman–Crippen MR) is 74.2 cm³/mol. The number of hydrogen-bond acceptors (Lipinski definition) is 5. The van der Waals surface area contributed by atoms with Crippen molar-refractivity contribution >= 4 is 17.8 Å². The molecule has 7 nitrogen and oxygen atoms in total. The summed E-state index contributed by atoms with van der Waals surface area (Å²) in [6.07, 6.45) is -0.163. The molecule has 7 heteroatoms. The lowest BCUT2D eigenvalue weighted by molar-refractivity contribution is -0.144. The Morgan fingerprint density at radius 3 is 2.43 bits per heavy atom. The molecule has 0 aliphatic heterocycles. The van der Waals surface area contributed by atoms with E-state index in [-0.39, 0.29) is 12.8 Å². The normalized spacial score (nSPS) is 13.0. The van der Waals surface area contributed by atoms with Crippen molar-refractivity contribution in [1.29, 1.82) is 0 Å². The van der Waals surface area contributed by atoms with Gasteiger partial charge in [-0.3, -0.25) is 9.59 Å². The number of carboxylic acid groups (broad SMARTS) is 1. The number of esters is 1. The van der Waals surface area contributed by atoms with Gasteiger partial charge in [-0.15, -0.1) is 0 Å². The number of carbonyl (C=O) groups excluding carboxylic acids is 2. The molecular formula is C14H18N2O5. The van der Waals surface area contributed by atoms with Crippen LogP contribution in [0.2, 0.25) is 0 Å². The molecule has 1 amide bonds. The number of benzene rings is 1. The van der Waals surface area contributed by atoms with Crippen molar-refractivity contribution in [3.63, 3.8) is 0 Å². The second-order valence-corrected chi connectivity index (χ2v) is 4.40. The van der Waals surface area contributed by atoms with Gasteiger partial charge in [-0.25, -0.2) is 4.79 Å². The first-order chi connectivity index (χ1) is 9.95. The van der Waals surface area contributed by atoms with Gasteiger partial charge in [-0.1, -0.05) is 30.3 Å². The minimum Gasteiger partial charge on any atom is -0.480 e. The van der Waals surface area contributed by atoms with Gasteiger partial charge >= 0.3 is 11.9 Å². The Bertz CT molecular complexity index is 503. The summed E-state index contributed by atoms with van der Waals surface area (Å²) in [7, 11) is 1.21. The maximum atomic E-state index is 12.0. The lowest BCUT2D eigenvalue weighted by Crippen LogP contribution is -2.45. The number of methoxy groups -OCH3 is 1. The topological polar surface area (TPSA) is 119 Å². The summed E-state index contributed by atoms with van der Waals surface area (Å²) in [6, 6.07) is 6.44. The number of nitrogens with one attached hydrogen (secondary N) is 1. The lowest BCUT2D eigenvalue weighted by atomic mass is 10.1. The zero-order valence-electron chi connectivity index (χ0n) is 11.6. The van der Waals surface area contributed by atoms with Gasteiger partial charge in [0.05, 0.1) is 7.11 Å². The van der Waals surface area contributed by atoms with E-state index in [1.165, 1.54) is 7.11 Å². The molecule has 1 rings (SSSR count). The quantitative estimate of drug-likeness (QED) is 0.618. The van der Waals surface area contributed by atoms with E-state index in [1.807, 2.05) is 0 Å². The van der Waals surface area contributed by atoms with Crippen LogP contribution in [-0.4, -0.2) is 36.1 Å². The van der Waals surface area contributed by atoms with Crippen LogP contribution in [0, 0.1) is 0 Å². The third kappa shape index (κ3) is 5.23. The molecular weight excluding hydrogens is 276 g/mol. The number of ether oxygens (including phenoxy) is 1. The number of amides is 1. The molecule has 4 N–H and O–H groups in total. The van der Waals surface area contributed by atoms with Crippen molar-refractivity contribution in [3.8, 4) is 0 Å². The second-order valence-electron chi connectivity index (χ2n) is 4.40. The van der Waals surface area contributed by atoms with E-state index < -0.39 is 29.9 Å². The van der Waals surface area contributed by atoms with E-state index in [1.54, 1.807) is 30.3 Å². The summed E-state index contributed by atoms with van der Waals surface area (Å²) in [5, 5.41) is 11.4. The fourth-order valence-corrected chi connectivity index (χ4v) is 1.69. The van der Waals surface area contributed by atoms with Gasteiger partial charge in [-0.2, -0.15) is 0 Å². The standard InChI is InChI=1S/C14H18N2O5/c1-21-11(17)8-7-10(14(19)20)16-13(18)12(15)9-5-3-2-4-6-9/h2-6,10,12H,7-8,15H2,1H3,(H,16,18)(H,19,20)/t10?,12-/m0/s1. The third-order valence-corrected chi connectivity index (χ3v) is 2.92. The highest BCUT2D eigenvalue weighted by Crippen LogP contribution is 2.10. The molecule has 0 heterocycles. The second kappa shape index (κ2) is 8.01. The van der Waals surface area contributed by atoms with Crippen LogP contribution in [-0.2, 0) is 19.1 Å². The average Bonchev–Trinajstić information content (AvgIpc) is 2.50. The Morgan fingerprint density at radius 2 is 1.90 bits per heavy atom. The van der Waals surface area contributed by atoms with Crippen LogP contribution in [0.4, 0.5) is 0 Å². The molecule has 1 aromatic rings. The fraction of sp³-hybridized carbons (Fsp3) is 0.357. The van der Waals surface area contributed by atoms with E-state index in [0.29, 0.717) is 5.56 Å². The number of hydrogen-bond donors (Lipinski definition) is 3. The minimum atomic E-state index is -1.23. The first-order valence-corrected chi connectivity index (χ1v) is 6.36. The first-order valence-electron chi connectivity index (χ1n) is 6.36. The van der Waals surface area contributed by atoms with Crippen LogP contribution in [0.5, 0.6) is 0 Å². The van der Waals surface area contributed by atoms with E-state index in [4.69, 9.17) is 10.8 Å². The van der Waals surface area contributed by atoms with Crippen molar-refractivity contribution in [3.05, 3.63) is 35.9 Å². The maximum Gasteiger partial charge on any atom is 0.326 e. The molecule has 1 unspecified atom stereocenters. The van der Waals surface area contributed by atoms with Gasteiger partial charge in [0.1, 0.15) is 12.1 Å². The van der Waals surface area contributed by atoms with Gasteiger partial charge in [0.2, 0.25) is 5.91 Å². The highest BCUT2D eigenvalue weighted by atomic mass is 16.5. The van der Waals surface area contributed by atoms with Crippen LogP contribution in [0.1, 0.15) is 24.4 Å². The van der Waals surface area contributed by atoms with Gasteiger partial charge in [0.25, 0.3) is 0 Å². The summed E-state index contributed by atoms with van der Waals surface area (Å²) in [5.74, 6) is -2.38. The first kappa shape index (κ1) is 16.6. The van der Waals surface area contributed by atoms with Crippen LogP contribution in [0.3, 0.4) is 0 Å². The third-order valence-electron chi connectivity index (χ3n) is 2.92. The van der Waals surface area contributed by atoms with Crippen LogP contribution < -0.4 is 11.1 Å². The molecule has 114 valence electrons. The number of aliphatic carboxylic acids is 1. The van der Waals surface area contributed by atoms with Crippen LogP contribution >= 0.6 is 0 Å². The molecule has 0 aliphatic carbocycles. The van der Waals surface area contributed by atoms with Crippen LogP contribution in [0.15, 0.2) is 30.3 Å². The minimum absolute atomic E-state index is 0.0603. The summed E-state index contributed by atoms with van der Waals surface area (Å²) in [5.41, 5.74) is 6.35. The smallest absolute Gasteiger partial charge is 0.326 e. The summed E-state index contributed by atoms with van der Waals surface area (Å²) >= 11 is 0. The molecule has 0 aliphatic rings. The van der Waals surface area contributed by atoms with Gasteiger partial charge in [0.15, 0.2) is 0 Å². The fourth-order valence-electron chi connectivity index (χ4n) is 1.69. The Morgan fingerprint density at radius 1 is 1.29 bits per heavy atom. The molecule has 0 saturated carbocycles. The maximum absolute atomic E-state index is 12.0. The molecule has 0 aromatic heterocycles. The SMILES string of the molecule is COC(=O)CCC(NC(=O)[C@@H](N)c1ccccc1)C(=O)O. The number of carboxylic acids is 1. The predicted octanol–water partition coefficient (Wildman–Crippen LogP) is 0.209. The zero-order chi connectivity index (χ0) is 15.8. The lowest BCUT2D eigenvalue weighted by Gasteiger charge is -2.17. The number of rotatable bonds is 7. The van der Waals surface area contributed by atoms with Gasteiger partial charge < -0.3 is 20.9 Å². The van der Waals surface area contributed by atoms with Crippen molar-refractivity contribution in [2.45, 2.75) is 24.9 Å². The highest BCUT2D eigenvalue weighted by Gasteiger charge is 2.24. The van der Waals surface area contributed by atoms with Gasteiger partial charge in [-0.05, 0) is 12.0 Å². The summed E-state index contributed by atoms with van der Waals surface area (Å²) in [6.45, 7) is 0. The molecule has 21 heavy (non-hydrogen) atoms. The van der Waals surface area contributed by atoms with E-state index in [2.05, 4.69) is 10.1 Å². The molecule has 0 spiro atoms. The Balaban J connectivity index is 2.64. The van der Waals surface area contributed by atoms with E-state index in [9.17, 15) is 14.4 Å². The summed E-state index contributed by atoms with van der Waals surface area (Å²) in [4.78, 5) is 34.1. The van der Waals surface area contributed by atoms with Gasteiger partial charge in [0, 0.05) is 6.42 Å². The van der Waals surface area contributed by atoms with Crippen molar-refractivity contribution < 1.29 is 24.2 Å². The van der Waals surface area contributed by atoms with Crippen molar-refractivity contribution in [2.75, 3.05) is 7.11 Å². The van der Waals surface area contributed by atoms with E-state index >= 15 is 0 Å². The number of nitrogens with two attached hydrogens (primary N) is 1. The molecule has 0 saturated heterocycles. The molecule has 1 aromatic carbocycles. The van der Waals surface area contributed by atoms with Crippen LogP contribution in [0.25, 0.3) is 0 Å². The molecule has 0 radical (unpaired) electrons. The highest BCUT2D eigenvalue weighted by molar-refractivity contribution is 5.87. The van der Waals surface area contributed by atoms with Crippen molar-refractivity contribution in [2.24, 2.45) is 5.73 Å². The molecule has 2 atom stereocenters. The Labute approximate surface area is 122 Å².